The molecular weight excluding hydrogens is 706 g/mol. The number of carbonyl (C=O) groups is 2. The van der Waals surface area contributed by atoms with Crippen LogP contribution in [0.4, 0.5) is 5.69 Å². The van der Waals surface area contributed by atoms with Crippen LogP contribution < -0.4 is 19.1 Å². The van der Waals surface area contributed by atoms with Gasteiger partial charge in [0.1, 0.15) is 24.1 Å². The fourth-order valence-electron chi connectivity index (χ4n) is 6.10. The summed E-state index contributed by atoms with van der Waals surface area (Å²) in [5.41, 5.74) is 2.67. The molecule has 1 atom stereocenters. The molecule has 49 heavy (non-hydrogen) atoms. The minimum Gasteiger partial charge on any atom is -0.497 e. The Morgan fingerprint density at radius 1 is 0.878 bits per heavy atom. The average molecular weight is 749 g/mol. The van der Waals surface area contributed by atoms with Gasteiger partial charge in [-0.3, -0.25) is 13.9 Å². The number of rotatable bonds is 14. The Morgan fingerprint density at radius 3 is 2.22 bits per heavy atom. The molecule has 1 aliphatic carbocycles. The molecular formula is C38H42BrN3O6S. The van der Waals surface area contributed by atoms with Crippen molar-refractivity contribution in [2.24, 2.45) is 0 Å². The lowest BCUT2D eigenvalue weighted by molar-refractivity contribution is -0.140. The first kappa shape index (κ1) is 35.9. The predicted molar refractivity (Wildman–Crippen MR) is 194 cm³/mol. The van der Waals surface area contributed by atoms with Crippen LogP contribution >= 0.6 is 15.9 Å². The summed E-state index contributed by atoms with van der Waals surface area (Å²) in [6, 6.07) is 27.4. The van der Waals surface area contributed by atoms with Gasteiger partial charge in [0.25, 0.3) is 10.0 Å². The number of nitrogens with zero attached hydrogens (tertiary/aromatic N) is 2. The molecule has 1 N–H and O–H groups in total. The van der Waals surface area contributed by atoms with E-state index in [1.54, 1.807) is 24.3 Å². The van der Waals surface area contributed by atoms with Crippen molar-refractivity contribution in [3.63, 3.8) is 0 Å². The molecule has 5 rings (SSSR count). The Balaban J connectivity index is 1.62. The van der Waals surface area contributed by atoms with Crippen LogP contribution in [-0.4, -0.2) is 58.0 Å². The van der Waals surface area contributed by atoms with Gasteiger partial charge in [-0.05, 0) is 67.3 Å². The first-order valence-electron chi connectivity index (χ1n) is 16.3. The SMILES string of the molecule is COc1ccc(OC)c(N(CC(=O)N(Cc2cccc(Br)c2)[C@@H](Cc2ccccc2)C(=O)NC2CCCC2)S(=O)(=O)c2ccc(C)cc2)c1. The Bertz CT molecular complexity index is 1850. The Morgan fingerprint density at radius 2 is 1.57 bits per heavy atom. The number of hydrogen-bond acceptors (Lipinski definition) is 6. The van der Waals surface area contributed by atoms with Crippen LogP contribution in [0.2, 0.25) is 0 Å². The molecule has 9 nitrogen and oxygen atoms in total. The normalized spacial score (nSPS) is 13.8. The standard InChI is InChI=1S/C38H42BrN3O6S/c1-27-16-19-33(20-17-27)49(45,46)42(34-24-32(47-2)18-21-36(34)48-3)26-37(43)41(25-29-12-9-13-30(39)22-29)35(23-28-10-5-4-6-11-28)38(44)40-31-14-7-8-15-31/h4-6,9-13,16-22,24,31,35H,7-8,14-15,23,25-26H2,1-3H3,(H,40,44)/t35-/m0/s1. The average Bonchev–Trinajstić information content (AvgIpc) is 3.62. The smallest absolute Gasteiger partial charge is 0.264 e. The van der Waals surface area contributed by atoms with Gasteiger partial charge < -0.3 is 19.7 Å². The highest BCUT2D eigenvalue weighted by atomic mass is 79.9. The maximum Gasteiger partial charge on any atom is 0.264 e. The molecule has 0 aliphatic heterocycles. The van der Waals surface area contributed by atoms with E-state index >= 15 is 0 Å². The minimum absolute atomic E-state index is 0.00845. The van der Waals surface area contributed by atoms with Crippen molar-refractivity contribution in [3.05, 3.63) is 118 Å². The highest BCUT2D eigenvalue weighted by Gasteiger charge is 2.36. The maximum absolute atomic E-state index is 14.8. The topological polar surface area (TPSA) is 105 Å². The van der Waals surface area contributed by atoms with E-state index in [1.807, 2.05) is 61.5 Å². The summed E-state index contributed by atoms with van der Waals surface area (Å²) in [6.45, 7) is 1.34. The summed E-state index contributed by atoms with van der Waals surface area (Å²) >= 11 is 3.53. The van der Waals surface area contributed by atoms with Gasteiger partial charge in [-0.15, -0.1) is 0 Å². The number of hydrogen-bond donors (Lipinski definition) is 1. The van der Waals surface area contributed by atoms with Crippen molar-refractivity contribution in [2.75, 3.05) is 25.1 Å². The number of aryl methyl sites for hydroxylation is 1. The van der Waals surface area contributed by atoms with Gasteiger partial charge in [-0.25, -0.2) is 8.42 Å². The van der Waals surface area contributed by atoms with Gasteiger partial charge in [0, 0.05) is 29.5 Å². The molecule has 258 valence electrons. The lowest BCUT2D eigenvalue weighted by atomic mass is 10.0. The zero-order valence-electron chi connectivity index (χ0n) is 28.0. The molecule has 2 amide bonds. The number of benzene rings is 4. The second-order valence-electron chi connectivity index (χ2n) is 12.2. The van der Waals surface area contributed by atoms with Crippen molar-refractivity contribution in [3.8, 4) is 11.5 Å². The molecule has 11 heteroatoms. The number of carbonyl (C=O) groups excluding carboxylic acids is 2. The van der Waals surface area contributed by atoms with Crippen LogP contribution in [0.25, 0.3) is 0 Å². The summed E-state index contributed by atoms with van der Waals surface area (Å²) in [4.78, 5) is 30.6. The third kappa shape index (κ3) is 9.01. The van der Waals surface area contributed by atoms with E-state index in [0.29, 0.717) is 5.75 Å². The Hall–Kier alpha value is -4.35. The third-order valence-electron chi connectivity index (χ3n) is 8.76. The van der Waals surface area contributed by atoms with Crippen molar-refractivity contribution in [1.29, 1.82) is 0 Å². The fraction of sp³-hybridized carbons (Fsp3) is 0.316. The monoisotopic (exact) mass is 747 g/mol. The van der Waals surface area contributed by atoms with E-state index in [0.717, 1.165) is 51.2 Å². The highest BCUT2D eigenvalue weighted by Crippen LogP contribution is 2.36. The molecule has 1 saturated carbocycles. The van der Waals surface area contributed by atoms with Crippen LogP contribution in [0, 0.1) is 6.92 Å². The summed E-state index contributed by atoms with van der Waals surface area (Å²) in [5, 5.41) is 3.20. The molecule has 0 aromatic heterocycles. The summed E-state index contributed by atoms with van der Waals surface area (Å²) in [6.07, 6.45) is 4.06. The minimum atomic E-state index is -4.32. The molecule has 0 radical (unpaired) electrons. The van der Waals surface area contributed by atoms with Gasteiger partial charge in [-0.2, -0.15) is 0 Å². The van der Waals surface area contributed by atoms with E-state index in [2.05, 4.69) is 21.2 Å². The van der Waals surface area contributed by atoms with Gasteiger partial charge in [-0.1, -0.05) is 88.9 Å². The highest BCUT2D eigenvalue weighted by molar-refractivity contribution is 9.10. The summed E-state index contributed by atoms with van der Waals surface area (Å²) in [5.74, 6) is -0.201. The molecule has 4 aromatic carbocycles. The fourth-order valence-corrected chi connectivity index (χ4v) is 7.96. The number of amides is 2. The van der Waals surface area contributed by atoms with Crippen LogP contribution in [0.15, 0.2) is 106 Å². The third-order valence-corrected chi connectivity index (χ3v) is 11.0. The number of ether oxygens (including phenoxy) is 2. The largest absolute Gasteiger partial charge is 0.497 e. The molecule has 4 aromatic rings. The van der Waals surface area contributed by atoms with Crippen LogP contribution in [-0.2, 0) is 32.6 Å². The quantitative estimate of drug-likeness (QED) is 0.155. The van der Waals surface area contributed by atoms with Gasteiger partial charge in [0.05, 0.1) is 24.8 Å². The van der Waals surface area contributed by atoms with Crippen LogP contribution in [0.3, 0.4) is 0 Å². The molecule has 0 bridgehead atoms. The first-order valence-corrected chi connectivity index (χ1v) is 18.5. The lowest BCUT2D eigenvalue weighted by Crippen LogP contribution is -2.54. The van der Waals surface area contributed by atoms with Crippen molar-refractivity contribution in [1.82, 2.24) is 10.2 Å². The van der Waals surface area contributed by atoms with E-state index in [4.69, 9.17) is 9.47 Å². The summed E-state index contributed by atoms with van der Waals surface area (Å²) in [7, 11) is -1.40. The van der Waals surface area contributed by atoms with Crippen LogP contribution in [0.5, 0.6) is 11.5 Å². The predicted octanol–water partition coefficient (Wildman–Crippen LogP) is 6.67. The first-order chi connectivity index (χ1) is 23.6. The lowest BCUT2D eigenvalue weighted by Gasteiger charge is -2.34. The zero-order chi connectivity index (χ0) is 35.0. The number of halogens is 1. The second kappa shape index (κ2) is 16.4. The summed E-state index contributed by atoms with van der Waals surface area (Å²) < 4.78 is 41.9. The van der Waals surface area contributed by atoms with Crippen LogP contribution in [0.1, 0.15) is 42.4 Å². The molecule has 1 aliphatic rings. The molecule has 1 fully saturated rings. The Kier molecular flexibility index (Phi) is 12.0. The number of anilines is 1. The second-order valence-corrected chi connectivity index (χ2v) is 15.0. The van der Waals surface area contributed by atoms with Crippen molar-refractivity contribution >= 4 is 43.5 Å². The zero-order valence-corrected chi connectivity index (χ0v) is 30.4. The molecule has 0 heterocycles. The van der Waals surface area contributed by atoms with Gasteiger partial charge in [0.15, 0.2) is 0 Å². The molecule has 0 saturated heterocycles. The molecule has 0 unspecified atom stereocenters. The van der Waals surface area contributed by atoms with E-state index in [9.17, 15) is 18.0 Å². The van der Waals surface area contributed by atoms with E-state index in [1.165, 1.54) is 37.3 Å². The van der Waals surface area contributed by atoms with Gasteiger partial charge >= 0.3 is 0 Å². The number of nitrogens with one attached hydrogen (secondary N) is 1. The maximum atomic E-state index is 14.8. The van der Waals surface area contributed by atoms with Crippen molar-refractivity contribution < 1.29 is 27.5 Å². The number of sulfonamides is 1. The van der Waals surface area contributed by atoms with E-state index < -0.39 is 28.5 Å². The van der Waals surface area contributed by atoms with E-state index in [-0.39, 0.29) is 41.2 Å². The van der Waals surface area contributed by atoms with Gasteiger partial charge in [0.2, 0.25) is 11.8 Å². The molecule has 0 spiro atoms. The number of methoxy groups -OCH3 is 2. The Labute approximate surface area is 297 Å². The van der Waals surface area contributed by atoms with Crippen molar-refractivity contribution in [2.45, 2.75) is 62.6 Å².